The standard InChI is InChI=1S/C21H15F2N7O/c22-16-3-4-17-12(5-7-31-17)14(16)8-25-21-26-9-15(20-28-27-11-30(20)21)13-2-1-6-29-18(23)10-24-19(13)29/h1-4,6,9-11H,5,7-8H2,(H,25,26). The lowest BCUT2D eigenvalue weighted by Crippen LogP contribution is -2.09. The molecule has 6 rings (SSSR count). The molecule has 1 aliphatic heterocycles. The lowest BCUT2D eigenvalue weighted by Gasteiger charge is -2.13. The lowest BCUT2D eigenvalue weighted by molar-refractivity contribution is 0.356. The monoisotopic (exact) mass is 419 g/mol. The summed E-state index contributed by atoms with van der Waals surface area (Å²) < 4.78 is 37.0. The van der Waals surface area contributed by atoms with Crippen molar-refractivity contribution in [1.29, 1.82) is 0 Å². The minimum atomic E-state index is -0.456. The summed E-state index contributed by atoms with van der Waals surface area (Å²) in [5, 5.41) is 11.4. The van der Waals surface area contributed by atoms with Crippen LogP contribution in [0.1, 0.15) is 11.1 Å². The van der Waals surface area contributed by atoms with Crippen LogP contribution in [0.15, 0.2) is 49.2 Å². The zero-order valence-electron chi connectivity index (χ0n) is 16.1. The molecule has 0 unspecified atom stereocenters. The minimum absolute atomic E-state index is 0.235. The Bertz CT molecular complexity index is 1460. The Balaban J connectivity index is 1.40. The number of nitrogens with zero attached hydrogens (tertiary/aromatic N) is 6. The van der Waals surface area contributed by atoms with Gasteiger partial charge in [0.1, 0.15) is 23.5 Å². The maximum absolute atomic E-state index is 14.4. The largest absolute Gasteiger partial charge is 0.493 e. The summed E-state index contributed by atoms with van der Waals surface area (Å²) in [5.74, 6) is 0.431. The second-order valence-corrected chi connectivity index (χ2v) is 7.17. The summed E-state index contributed by atoms with van der Waals surface area (Å²) in [4.78, 5) is 8.66. The third-order valence-electron chi connectivity index (χ3n) is 5.48. The first-order valence-corrected chi connectivity index (χ1v) is 9.68. The first-order chi connectivity index (χ1) is 15.2. The molecule has 8 nitrogen and oxygen atoms in total. The van der Waals surface area contributed by atoms with Gasteiger partial charge in [-0.25, -0.2) is 14.4 Å². The van der Waals surface area contributed by atoms with Gasteiger partial charge in [-0.1, -0.05) is 0 Å². The lowest BCUT2D eigenvalue weighted by atomic mass is 10.0. The fourth-order valence-electron chi connectivity index (χ4n) is 4.01. The SMILES string of the molecule is Fc1ccc2c(c1CNc1ncc(-c3cccn4c(F)cnc34)c3nncn13)CCO2. The molecule has 1 aromatic carbocycles. The number of anilines is 1. The number of hydrogen-bond donors (Lipinski definition) is 1. The van der Waals surface area contributed by atoms with E-state index in [4.69, 9.17) is 4.74 Å². The highest BCUT2D eigenvalue weighted by atomic mass is 19.1. The van der Waals surface area contributed by atoms with E-state index in [0.29, 0.717) is 47.0 Å². The Labute approximate surface area is 174 Å². The van der Waals surface area contributed by atoms with E-state index in [9.17, 15) is 8.78 Å². The predicted molar refractivity (Wildman–Crippen MR) is 108 cm³/mol. The number of imidazole rings is 1. The Kier molecular flexibility index (Phi) is 3.85. The number of hydrogen-bond acceptors (Lipinski definition) is 6. The van der Waals surface area contributed by atoms with Gasteiger partial charge in [0.05, 0.1) is 12.8 Å². The number of ether oxygens (including phenoxy) is 1. The van der Waals surface area contributed by atoms with Crippen LogP contribution in [0.4, 0.5) is 14.7 Å². The van der Waals surface area contributed by atoms with Gasteiger partial charge in [-0.2, -0.15) is 4.39 Å². The van der Waals surface area contributed by atoms with Crippen LogP contribution in [0, 0.1) is 11.8 Å². The van der Waals surface area contributed by atoms with Gasteiger partial charge >= 0.3 is 0 Å². The number of halogens is 2. The third kappa shape index (κ3) is 2.71. The number of fused-ring (bicyclic) bond motifs is 3. The quantitative estimate of drug-likeness (QED) is 0.482. The van der Waals surface area contributed by atoms with Crippen LogP contribution in [0.25, 0.3) is 22.4 Å². The average Bonchev–Trinajstić information content (AvgIpc) is 3.53. The molecule has 1 N–H and O–H groups in total. The predicted octanol–water partition coefficient (Wildman–Crippen LogP) is 3.26. The van der Waals surface area contributed by atoms with Gasteiger partial charge in [0.15, 0.2) is 5.65 Å². The van der Waals surface area contributed by atoms with Gasteiger partial charge in [0.25, 0.3) is 0 Å². The molecule has 0 saturated heterocycles. The van der Waals surface area contributed by atoms with Gasteiger partial charge in [0.2, 0.25) is 11.9 Å². The summed E-state index contributed by atoms with van der Waals surface area (Å²) >= 11 is 0. The molecule has 0 bridgehead atoms. The minimum Gasteiger partial charge on any atom is -0.493 e. The molecule has 31 heavy (non-hydrogen) atoms. The molecule has 0 aliphatic carbocycles. The van der Waals surface area contributed by atoms with Gasteiger partial charge in [-0.05, 0) is 24.3 Å². The molecule has 154 valence electrons. The van der Waals surface area contributed by atoms with Crippen LogP contribution in [-0.2, 0) is 13.0 Å². The number of rotatable bonds is 4. The highest BCUT2D eigenvalue weighted by Gasteiger charge is 2.20. The fourth-order valence-corrected chi connectivity index (χ4v) is 4.01. The number of benzene rings is 1. The normalized spacial score (nSPS) is 13.0. The maximum atomic E-state index is 14.4. The van der Waals surface area contributed by atoms with Crippen LogP contribution in [-0.4, -0.2) is 35.6 Å². The molecule has 0 atom stereocenters. The topological polar surface area (TPSA) is 81.6 Å². The molecule has 5 heterocycles. The van der Waals surface area contributed by atoms with Crippen LogP contribution in [0.5, 0.6) is 5.75 Å². The third-order valence-corrected chi connectivity index (χ3v) is 5.48. The number of nitrogens with one attached hydrogen (secondary N) is 1. The van der Waals surface area contributed by atoms with Crippen LogP contribution < -0.4 is 10.1 Å². The van der Waals surface area contributed by atoms with E-state index < -0.39 is 5.95 Å². The van der Waals surface area contributed by atoms with Crippen molar-refractivity contribution in [2.24, 2.45) is 0 Å². The molecule has 4 aromatic heterocycles. The van der Waals surface area contributed by atoms with Crippen molar-refractivity contribution in [1.82, 2.24) is 29.0 Å². The second-order valence-electron chi connectivity index (χ2n) is 7.17. The van der Waals surface area contributed by atoms with Crippen LogP contribution >= 0.6 is 0 Å². The van der Waals surface area contributed by atoms with E-state index in [-0.39, 0.29) is 12.4 Å². The van der Waals surface area contributed by atoms with Gasteiger partial charge < -0.3 is 10.1 Å². The highest BCUT2D eigenvalue weighted by Crippen LogP contribution is 2.31. The number of pyridine rings is 1. The molecule has 0 saturated carbocycles. The summed E-state index contributed by atoms with van der Waals surface area (Å²) in [6.45, 7) is 0.785. The van der Waals surface area contributed by atoms with E-state index in [1.807, 2.05) is 6.07 Å². The van der Waals surface area contributed by atoms with Gasteiger partial charge in [-0.15, -0.1) is 10.2 Å². The highest BCUT2D eigenvalue weighted by molar-refractivity contribution is 5.85. The first kappa shape index (κ1) is 17.8. The second kappa shape index (κ2) is 6.73. The Morgan fingerprint density at radius 2 is 1.97 bits per heavy atom. The van der Waals surface area contributed by atoms with E-state index in [1.165, 1.54) is 23.0 Å². The average molecular weight is 419 g/mol. The van der Waals surface area contributed by atoms with E-state index in [0.717, 1.165) is 11.3 Å². The van der Waals surface area contributed by atoms with Crippen molar-refractivity contribution < 1.29 is 13.5 Å². The van der Waals surface area contributed by atoms with Crippen molar-refractivity contribution in [2.75, 3.05) is 11.9 Å². The van der Waals surface area contributed by atoms with E-state index >= 15 is 0 Å². The van der Waals surface area contributed by atoms with Crippen molar-refractivity contribution in [2.45, 2.75) is 13.0 Å². The van der Waals surface area contributed by atoms with E-state index in [2.05, 4.69) is 25.5 Å². The molecule has 0 spiro atoms. The molecule has 5 aromatic rings. The van der Waals surface area contributed by atoms with Crippen LogP contribution in [0.3, 0.4) is 0 Å². The molecule has 0 fully saturated rings. The molecule has 0 radical (unpaired) electrons. The molecule has 0 amide bonds. The van der Waals surface area contributed by atoms with Crippen LogP contribution in [0.2, 0.25) is 0 Å². The smallest absolute Gasteiger partial charge is 0.217 e. The van der Waals surface area contributed by atoms with E-state index in [1.54, 1.807) is 28.9 Å². The molecule has 1 aliphatic rings. The summed E-state index contributed by atoms with van der Waals surface area (Å²) in [5.41, 5.74) is 3.73. The van der Waals surface area contributed by atoms with Gasteiger partial charge in [0, 0.05) is 47.6 Å². The molecule has 10 heteroatoms. The first-order valence-electron chi connectivity index (χ1n) is 9.68. The van der Waals surface area contributed by atoms with Crippen molar-refractivity contribution in [3.8, 4) is 16.9 Å². The maximum Gasteiger partial charge on any atom is 0.217 e. The molecular formula is C21H15F2N7O. The summed E-state index contributed by atoms with van der Waals surface area (Å²) in [6.07, 6.45) is 6.59. The van der Waals surface area contributed by atoms with Gasteiger partial charge in [-0.3, -0.25) is 8.80 Å². The fraction of sp³-hybridized carbons (Fsp3) is 0.143. The van der Waals surface area contributed by atoms with Crippen molar-refractivity contribution in [3.63, 3.8) is 0 Å². The summed E-state index contributed by atoms with van der Waals surface area (Å²) in [7, 11) is 0. The summed E-state index contributed by atoms with van der Waals surface area (Å²) in [6, 6.07) is 6.62. The van der Waals surface area contributed by atoms with Crippen molar-refractivity contribution in [3.05, 3.63) is 72.1 Å². The molecular weight excluding hydrogens is 404 g/mol. The Morgan fingerprint density at radius 1 is 1.03 bits per heavy atom. The Morgan fingerprint density at radius 3 is 2.90 bits per heavy atom. The zero-order chi connectivity index (χ0) is 20.9. The van der Waals surface area contributed by atoms with Crippen molar-refractivity contribution >= 4 is 17.2 Å². The number of aromatic nitrogens is 6. The Hall–Kier alpha value is -4.08. The zero-order valence-corrected chi connectivity index (χ0v) is 16.1.